The molecule has 0 aliphatic heterocycles. The van der Waals surface area contributed by atoms with Crippen LogP contribution in [0, 0.1) is 0 Å². The van der Waals surface area contributed by atoms with Gasteiger partial charge in [-0.15, -0.1) is 0 Å². The fourth-order valence-corrected chi connectivity index (χ4v) is 1.08. The lowest BCUT2D eigenvalue weighted by Crippen LogP contribution is -2.28. The highest BCUT2D eigenvalue weighted by Crippen LogP contribution is 1.99. The number of nitrogens with one attached hydrogen (secondary N) is 1. The third-order valence-corrected chi connectivity index (χ3v) is 1.78. The predicted octanol–water partition coefficient (Wildman–Crippen LogP) is 0.675. The van der Waals surface area contributed by atoms with Gasteiger partial charge in [0.25, 0.3) is 12.3 Å². The van der Waals surface area contributed by atoms with E-state index in [9.17, 15) is 13.6 Å². The molecule has 0 aliphatic carbocycles. The number of carbonyl (C=O) groups excluding carboxylic acids is 1. The number of alkyl halides is 2. The van der Waals surface area contributed by atoms with Crippen molar-refractivity contribution in [2.45, 2.75) is 6.43 Å². The number of nitrogens with zero attached hydrogens (tertiary/aromatic N) is 1. The number of hydrogen-bond acceptors (Lipinski definition) is 4. The van der Waals surface area contributed by atoms with Gasteiger partial charge in [0.2, 0.25) is 0 Å². The average Bonchev–Trinajstić information content (AvgIpc) is 2.28. The van der Waals surface area contributed by atoms with Crippen molar-refractivity contribution in [3.05, 3.63) is 23.9 Å². The van der Waals surface area contributed by atoms with Gasteiger partial charge in [0.1, 0.15) is 18.1 Å². The Balaban J connectivity index is 2.26. The fraction of sp³-hybridized carbons (Fsp3) is 0.400. The van der Waals surface area contributed by atoms with Gasteiger partial charge in [-0.1, -0.05) is 6.07 Å². The Bertz CT molecular complexity index is 374. The van der Waals surface area contributed by atoms with E-state index < -0.39 is 18.9 Å². The van der Waals surface area contributed by atoms with Crippen molar-refractivity contribution in [2.75, 3.05) is 25.5 Å². The molecule has 0 unspecified atom stereocenters. The summed E-state index contributed by atoms with van der Waals surface area (Å²) in [6, 6.07) is 4.67. The third kappa shape index (κ3) is 5.21. The summed E-state index contributed by atoms with van der Waals surface area (Å²) in [7, 11) is 0. The van der Waals surface area contributed by atoms with Gasteiger partial charge in [0.05, 0.1) is 6.61 Å². The molecule has 0 spiro atoms. The van der Waals surface area contributed by atoms with E-state index in [1.54, 1.807) is 12.1 Å². The number of nitrogens with two attached hydrogens (primary N) is 1. The molecule has 1 heterocycles. The minimum Gasteiger partial charge on any atom is -0.384 e. The van der Waals surface area contributed by atoms with E-state index in [2.05, 4.69) is 15.0 Å². The molecule has 3 N–H and O–H groups in total. The molecule has 17 heavy (non-hydrogen) atoms. The van der Waals surface area contributed by atoms with Crippen LogP contribution in [0.4, 0.5) is 14.6 Å². The monoisotopic (exact) mass is 245 g/mol. The van der Waals surface area contributed by atoms with Crippen LogP contribution < -0.4 is 11.1 Å². The molecule has 5 nitrogen and oxygen atoms in total. The maximum absolute atomic E-state index is 11.7. The third-order valence-electron chi connectivity index (χ3n) is 1.78. The zero-order valence-electron chi connectivity index (χ0n) is 9.03. The summed E-state index contributed by atoms with van der Waals surface area (Å²) >= 11 is 0. The molecule has 0 radical (unpaired) electrons. The number of amides is 1. The molecule has 0 atom stereocenters. The van der Waals surface area contributed by atoms with Crippen LogP contribution in [0.5, 0.6) is 0 Å². The van der Waals surface area contributed by atoms with Crippen LogP contribution in [0.1, 0.15) is 10.5 Å². The molecule has 0 fully saturated rings. The zero-order chi connectivity index (χ0) is 12.7. The Hall–Kier alpha value is -1.76. The number of anilines is 1. The highest BCUT2D eigenvalue weighted by molar-refractivity contribution is 5.92. The molecule has 0 aliphatic rings. The van der Waals surface area contributed by atoms with E-state index in [4.69, 9.17) is 5.73 Å². The summed E-state index contributed by atoms with van der Waals surface area (Å²) in [6.45, 7) is -0.465. The maximum Gasteiger partial charge on any atom is 0.270 e. The SMILES string of the molecule is Nc1cccc(C(=O)NCCOCC(F)F)n1. The van der Waals surface area contributed by atoms with Crippen LogP contribution in [0.2, 0.25) is 0 Å². The highest BCUT2D eigenvalue weighted by Gasteiger charge is 2.06. The Morgan fingerprint density at radius 3 is 2.94 bits per heavy atom. The largest absolute Gasteiger partial charge is 0.384 e. The number of ether oxygens (including phenoxy) is 1. The van der Waals surface area contributed by atoms with Crippen LogP contribution in [0.3, 0.4) is 0 Å². The van der Waals surface area contributed by atoms with E-state index in [1.165, 1.54) is 6.07 Å². The first-order chi connectivity index (χ1) is 8.09. The van der Waals surface area contributed by atoms with Crippen LogP contribution in [-0.2, 0) is 4.74 Å². The van der Waals surface area contributed by atoms with E-state index in [0.29, 0.717) is 0 Å². The molecular weight excluding hydrogens is 232 g/mol. The second kappa shape index (κ2) is 6.74. The molecule has 7 heteroatoms. The molecule has 1 aromatic rings. The first kappa shape index (κ1) is 13.3. The number of hydrogen-bond donors (Lipinski definition) is 2. The summed E-state index contributed by atoms with van der Waals surface area (Å²) in [5, 5.41) is 2.47. The van der Waals surface area contributed by atoms with Gasteiger partial charge in [-0.2, -0.15) is 0 Å². The quantitative estimate of drug-likeness (QED) is 0.722. The van der Waals surface area contributed by atoms with Gasteiger partial charge < -0.3 is 15.8 Å². The highest BCUT2D eigenvalue weighted by atomic mass is 19.3. The number of halogens is 2. The van der Waals surface area contributed by atoms with Crippen molar-refractivity contribution in [3.8, 4) is 0 Å². The van der Waals surface area contributed by atoms with Crippen molar-refractivity contribution < 1.29 is 18.3 Å². The minimum absolute atomic E-state index is 0.0262. The number of carbonyl (C=O) groups is 1. The van der Waals surface area contributed by atoms with Gasteiger partial charge in [-0.3, -0.25) is 4.79 Å². The second-order valence-electron chi connectivity index (χ2n) is 3.17. The Labute approximate surface area is 97.0 Å². The number of rotatable bonds is 6. The van der Waals surface area contributed by atoms with Crippen molar-refractivity contribution in [2.24, 2.45) is 0 Å². The molecule has 0 saturated carbocycles. The molecular formula is C10H13F2N3O2. The predicted molar refractivity (Wildman–Crippen MR) is 57.8 cm³/mol. The summed E-state index contributed by atoms with van der Waals surface area (Å²) in [4.78, 5) is 15.3. The lowest BCUT2D eigenvalue weighted by molar-refractivity contribution is 0.0188. The standard InChI is InChI=1S/C10H13F2N3O2/c11-8(12)6-17-5-4-14-10(16)7-2-1-3-9(13)15-7/h1-3,8H,4-6H2,(H2,13,15)(H,14,16). The van der Waals surface area contributed by atoms with Crippen LogP contribution in [0.15, 0.2) is 18.2 Å². The summed E-state index contributed by atoms with van der Waals surface area (Å²) in [5.74, 6) is -0.176. The van der Waals surface area contributed by atoms with Gasteiger partial charge in [0, 0.05) is 6.54 Å². The van der Waals surface area contributed by atoms with Gasteiger partial charge >= 0.3 is 0 Å². The first-order valence-corrected chi connectivity index (χ1v) is 4.96. The van der Waals surface area contributed by atoms with E-state index in [1.807, 2.05) is 0 Å². The molecule has 94 valence electrons. The fourth-order valence-electron chi connectivity index (χ4n) is 1.08. The Morgan fingerprint density at radius 2 is 2.29 bits per heavy atom. The van der Waals surface area contributed by atoms with Gasteiger partial charge in [-0.25, -0.2) is 13.8 Å². The smallest absolute Gasteiger partial charge is 0.270 e. The average molecular weight is 245 g/mol. The van der Waals surface area contributed by atoms with Gasteiger partial charge in [-0.05, 0) is 12.1 Å². The summed E-state index contributed by atoms with van der Waals surface area (Å²) in [5.41, 5.74) is 5.59. The Morgan fingerprint density at radius 1 is 1.53 bits per heavy atom. The van der Waals surface area contributed by atoms with Crippen molar-refractivity contribution in [1.29, 1.82) is 0 Å². The van der Waals surface area contributed by atoms with Gasteiger partial charge in [0.15, 0.2) is 0 Å². The van der Waals surface area contributed by atoms with E-state index in [0.717, 1.165) is 0 Å². The van der Waals surface area contributed by atoms with Crippen molar-refractivity contribution in [3.63, 3.8) is 0 Å². The van der Waals surface area contributed by atoms with Crippen LogP contribution in [0.25, 0.3) is 0 Å². The molecule has 1 amide bonds. The molecule has 0 aromatic carbocycles. The van der Waals surface area contributed by atoms with Crippen LogP contribution in [-0.4, -0.2) is 37.1 Å². The van der Waals surface area contributed by atoms with Crippen molar-refractivity contribution in [1.82, 2.24) is 10.3 Å². The van der Waals surface area contributed by atoms with Crippen molar-refractivity contribution >= 4 is 11.7 Å². The maximum atomic E-state index is 11.7. The molecule has 1 rings (SSSR count). The van der Waals surface area contributed by atoms with E-state index >= 15 is 0 Å². The lowest BCUT2D eigenvalue weighted by Gasteiger charge is -2.05. The molecule has 1 aromatic heterocycles. The lowest BCUT2D eigenvalue weighted by atomic mass is 10.3. The molecule has 0 bridgehead atoms. The normalized spacial score (nSPS) is 10.5. The number of nitrogen functional groups attached to an aromatic ring is 1. The number of pyridine rings is 1. The Kier molecular flexibility index (Phi) is 5.28. The summed E-state index contributed by atoms with van der Waals surface area (Å²) in [6.07, 6.45) is -2.50. The van der Waals surface area contributed by atoms with Crippen LogP contribution >= 0.6 is 0 Å². The van der Waals surface area contributed by atoms with E-state index in [-0.39, 0.29) is 24.7 Å². The topological polar surface area (TPSA) is 77.2 Å². The molecule has 0 saturated heterocycles. The number of aromatic nitrogens is 1. The summed E-state index contributed by atoms with van der Waals surface area (Å²) < 4.78 is 28.0. The minimum atomic E-state index is -2.50. The zero-order valence-corrected chi connectivity index (χ0v) is 9.03. The second-order valence-corrected chi connectivity index (χ2v) is 3.17. The first-order valence-electron chi connectivity index (χ1n) is 4.96.